The summed E-state index contributed by atoms with van der Waals surface area (Å²) in [5, 5.41) is 1.82. The molecule has 1 amide bonds. The SMILES string of the molecule is Cc1ccc(-c2ccsc2C(=O)OCC(=O)N(CC(C)C)C2CCS(=O)(=O)C2)cc1. The number of amides is 1. The van der Waals surface area contributed by atoms with Crippen molar-refractivity contribution < 1.29 is 22.7 Å². The van der Waals surface area contributed by atoms with Crippen molar-refractivity contribution in [1.82, 2.24) is 4.90 Å². The lowest BCUT2D eigenvalue weighted by Gasteiger charge is -2.29. The molecule has 2 heterocycles. The third-order valence-corrected chi connectivity index (χ3v) is 7.72. The molecular weight excluding hydrogens is 422 g/mol. The van der Waals surface area contributed by atoms with E-state index in [-0.39, 0.29) is 29.4 Å². The molecule has 0 radical (unpaired) electrons. The number of aryl methyl sites for hydroxylation is 1. The maximum absolute atomic E-state index is 12.8. The highest BCUT2D eigenvalue weighted by molar-refractivity contribution is 7.91. The standard InChI is InChI=1S/C22H27NO5S2/c1-15(2)12-23(18-9-11-30(26,27)14-18)20(24)13-28-22(25)21-19(8-10-29-21)17-6-4-16(3)5-7-17/h4-8,10,15,18H,9,11-14H2,1-3H3. The van der Waals surface area contributed by atoms with Gasteiger partial charge in [0.25, 0.3) is 5.91 Å². The van der Waals surface area contributed by atoms with Crippen molar-refractivity contribution >= 4 is 33.1 Å². The number of carbonyl (C=O) groups is 2. The van der Waals surface area contributed by atoms with Crippen molar-refractivity contribution in [3.05, 3.63) is 46.2 Å². The van der Waals surface area contributed by atoms with Crippen molar-refractivity contribution in [3.63, 3.8) is 0 Å². The van der Waals surface area contributed by atoms with E-state index in [1.54, 1.807) is 4.90 Å². The molecule has 0 spiro atoms. The molecule has 1 fully saturated rings. The Bertz CT molecular complexity index is 1010. The molecule has 0 aliphatic carbocycles. The fraction of sp³-hybridized carbons (Fsp3) is 0.455. The number of esters is 1. The summed E-state index contributed by atoms with van der Waals surface area (Å²) in [5.74, 6) is -0.653. The predicted molar refractivity (Wildman–Crippen MR) is 118 cm³/mol. The van der Waals surface area contributed by atoms with E-state index in [1.165, 1.54) is 11.3 Å². The number of carbonyl (C=O) groups excluding carboxylic acids is 2. The first kappa shape index (κ1) is 22.5. The van der Waals surface area contributed by atoms with Crippen LogP contribution in [-0.2, 0) is 19.4 Å². The van der Waals surface area contributed by atoms with Crippen LogP contribution >= 0.6 is 11.3 Å². The van der Waals surface area contributed by atoms with Crippen LogP contribution in [0.3, 0.4) is 0 Å². The second-order valence-corrected chi connectivity index (χ2v) is 11.2. The van der Waals surface area contributed by atoms with Gasteiger partial charge in [-0.25, -0.2) is 13.2 Å². The molecule has 1 atom stereocenters. The van der Waals surface area contributed by atoms with Crippen LogP contribution in [0.4, 0.5) is 0 Å². The lowest BCUT2D eigenvalue weighted by molar-refractivity contribution is -0.137. The zero-order valence-corrected chi connectivity index (χ0v) is 19.1. The van der Waals surface area contributed by atoms with E-state index < -0.39 is 22.4 Å². The molecule has 1 saturated heterocycles. The highest BCUT2D eigenvalue weighted by Crippen LogP contribution is 2.29. The van der Waals surface area contributed by atoms with Gasteiger partial charge in [0.15, 0.2) is 16.4 Å². The van der Waals surface area contributed by atoms with Gasteiger partial charge in [-0.05, 0) is 36.3 Å². The van der Waals surface area contributed by atoms with Gasteiger partial charge < -0.3 is 9.64 Å². The molecular formula is C22H27NO5S2. The van der Waals surface area contributed by atoms with Gasteiger partial charge >= 0.3 is 5.97 Å². The van der Waals surface area contributed by atoms with E-state index in [1.807, 2.05) is 56.5 Å². The molecule has 162 valence electrons. The summed E-state index contributed by atoms with van der Waals surface area (Å²) in [5.41, 5.74) is 2.82. The summed E-state index contributed by atoms with van der Waals surface area (Å²) >= 11 is 1.27. The number of benzene rings is 1. The average molecular weight is 450 g/mol. The summed E-state index contributed by atoms with van der Waals surface area (Å²) < 4.78 is 29.0. The Kier molecular flexibility index (Phi) is 6.98. The second kappa shape index (κ2) is 9.31. The third kappa shape index (κ3) is 5.49. The van der Waals surface area contributed by atoms with Gasteiger partial charge in [-0.2, -0.15) is 0 Å². The summed E-state index contributed by atoms with van der Waals surface area (Å²) in [4.78, 5) is 27.5. The molecule has 2 aromatic rings. The maximum Gasteiger partial charge on any atom is 0.349 e. The van der Waals surface area contributed by atoms with Crippen molar-refractivity contribution in [3.8, 4) is 11.1 Å². The lowest BCUT2D eigenvalue weighted by Crippen LogP contribution is -2.45. The Morgan fingerprint density at radius 3 is 2.50 bits per heavy atom. The van der Waals surface area contributed by atoms with Crippen molar-refractivity contribution in [2.45, 2.75) is 33.2 Å². The number of sulfone groups is 1. The summed E-state index contributed by atoms with van der Waals surface area (Å²) in [6.07, 6.45) is 0.428. The maximum atomic E-state index is 12.8. The van der Waals surface area contributed by atoms with Crippen LogP contribution in [-0.4, -0.2) is 55.9 Å². The zero-order valence-electron chi connectivity index (χ0n) is 17.5. The molecule has 1 aliphatic heterocycles. The third-order valence-electron chi connectivity index (χ3n) is 5.07. The highest BCUT2D eigenvalue weighted by atomic mass is 32.2. The van der Waals surface area contributed by atoms with E-state index in [9.17, 15) is 18.0 Å². The second-order valence-electron chi connectivity index (χ2n) is 8.10. The quantitative estimate of drug-likeness (QED) is 0.604. The molecule has 30 heavy (non-hydrogen) atoms. The number of ether oxygens (including phenoxy) is 1. The monoisotopic (exact) mass is 449 g/mol. The first-order valence-electron chi connectivity index (χ1n) is 9.98. The van der Waals surface area contributed by atoms with Gasteiger partial charge in [0.2, 0.25) is 0 Å². The van der Waals surface area contributed by atoms with Gasteiger partial charge in [0.1, 0.15) is 4.88 Å². The topological polar surface area (TPSA) is 80.8 Å². The molecule has 6 nitrogen and oxygen atoms in total. The smallest absolute Gasteiger partial charge is 0.349 e. The Labute approximate surface area is 181 Å². The van der Waals surface area contributed by atoms with Gasteiger partial charge in [-0.3, -0.25) is 4.79 Å². The number of thiophene rings is 1. The Balaban J connectivity index is 1.68. The van der Waals surface area contributed by atoms with Crippen LogP contribution in [0.25, 0.3) is 11.1 Å². The van der Waals surface area contributed by atoms with E-state index in [4.69, 9.17) is 4.74 Å². The number of nitrogens with zero attached hydrogens (tertiary/aromatic N) is 1. The normalized spacial score (nSPS) is 17.8. The fourth-order valence-electron chi connectivity index (χ4n) is 3.57. The van der Waals surface area contributed by atoms with Crippen LogP contribution in [0.1, 0.15) is 35.5 Å². The largest absolute Gasteiger partial charge is 0.451 e. The van der Waals surface area contributed by atoms with Crippen LogP contribution < -0.4 is 0 Å². The highest BCUT2D eigenvalue weighted by Gasteiger charge is 2.35. The predicted octanol–water partition coefficient (Wildman–Crippen LogP) is 3.55. The molecule has 0 N–H and O–H groups in total. The first-order chi connectivity index (χ1) is 14.2. The number of hydrogen-bond donors (Lipinski definition) is 0. The summed E-state index contributed by atoms with van der Waals surface area (Å²) in [6, 6.07) is 9.36. The Morgan fingerprint density at radius 2 is 1.90 bits per heavy atom. The zero-order chi connectivity index (χ0) is 21.9. The van der Waals surface area contributed by atoms with E-state index in [0.29, 0.717) is 17.8 Å². The minimum atomic E-state index is -3.12. The minimum Gasteiger partial charge on any atom is -0.451 e. The van der Waals surface area contributed by atoms with Gasteiger partial charge in [0, 0.05) is 18.2 Å². The molecule has 8 heteroatoms. The van der Waals surface area contributed by atoms with Crippen molar-refractivity contribution in [1.29, 1.82) is 0 Å². The Hall–Kier alpha value is -2.19. The van der Waals surface area contributed by atoms with Gasteiger partial charge in [-0.15, -0.1) is 11.3 Å². The van der Waals surface area contributed by atoms with E-state index in [2.05, 4.69) is 0 Å². The first-order valence-corrected chi connectivity index (χ1v) is 12.7. The van der Waals surface area contributed by atoms with Crippen LogP contribution in [0.2, 0.25) is 0 Å². The fourth-order valence-corrected chi connectivity index (χ4v) is 6.11. The van der Waals surface area contributed by atoms with Crippen LogP contribution in [0.15, 0.2) is 35.7 Å². The van der Waals surface area contributed by atoms with E-state index >= 15 is 0 Å². The average Bonchev–Trinajstić information content (AvgIpc) is 3.31. The number of rotatable bonds is 7. The van der Waals surface area contributed by atoms with Gasteiger partial charge in [0.05, 0.1) is 11.5 Å². The van der Waals surface area contributed by atoms with Crippen molar-refractivity contribution in [2.75, 3.05) is 24.7 Å². The number of hydrogen-bond acceptors (Lipinski definition) is 6. The molecule has 1 aromatic carbocycles. The molecule has 0 bridgehead atoms. The molecule has 1 aromatic heterocycles. The van der Waals surface area contributed by atoms with E-state index in [0.717, 1.165) is 16.7 Å². The minimum absolute atomic E-state index is 0.0259. The molecule has 1 aliphatic rings. The molecule has 1 unspecified atom stereocenters. The van der Waals surface area contributed by atoms with Crippen LogP contribution in [0.5, 0.6) is 0 Å². The van der Waals surface area contributed by atoms with Crippen molar-refractivity contribution in [2.24, 2.45) is 5.92 Å². The summed E-state index contributed by atoms with van der Waals surface area (Å²) in [6.45, 7) is 5.97. The lowest BCUT2D eigenvalue weighted by atomic mass is 10.1. The van der Waals surface area contributed by atoms with Gasteiger partial charge in [-0.1, -0.05) is 43.7 Å². The van der Waals surface area contributed by atoms with Crippen LogP contribution in [0, 0.1) is 12.8 Å². The Morgan fingerprint density at radius 1 is 1.20 bits per heavy atom. The molecule has 3 rings (SSSR count). The summed E-state index contributed by atoms with van der Waals surface area (Å²) in [7, 11) is -3.12. The molecule has 0 saturated carbocycles.